The normalized spacial score (nSPS) is 46.6. The van der Waals surface area contributed by atoms with Crippen LogP contribution in [0.1, 0.15) is 39.0 Å². The summed E-state index contributed by atoms with van der Waals surface area (Å²) in [5.41, 5.74) is 6.55. The summed E-state index contributed by atoms with van der Waals surface area (Å²) >= 11 is 0. The van der Waals surface area contributed by atoms with Crippen LogP contribution in [0.2, 0.25) is 0 Å². The van der Waals surface area contributed by atoms with Crippen LogP contribution in [-0.2, 0) is 4.74 Å². The van der Waals surface area contributed by atoms with E-state index in [4.69, 9.17) is 10.5 Å². The topological polar surface area (TPSA) is 38.5 Å². The summed E-state index contributed by atoms with van der Waals surface area (Å²) in [4.78, 5) is 2.74. The van der Waals surface area contributed by atoms with E-state index in [0.29, 0.717) is 11.6 Å². The van der Waals surface area contributed by atoms with Crippen molar-refractivity contribution in [3.05, 3.63) is 0 Å². The Bertz CT molecular complexity index is 283. The highest BCUT2D eigenvalue weighted by atomic mass is 16.5. The quantitative estimate of drug-likeness (QED) is 0.812. The zero-order valence-corrected chi connectivity index (χ0v) is 11.0. The van der Waals surface area contributed by atoms with Crippen molar-refractivity contribution in [1.82, 2.24) is 4.90 Å². The summed E-state index contributed by atoms with van der Waals surface area (Å²) in [5, 5.41) is 0. The average molecular weight is 238 g/mol. The minimum Gasteiger partial charge on any atom is -0.378 e. The van der Waals surface area contributed by atoms with Gasteiger partial charge in [0.1, 0.15) is 0 Å². The van der Waals surface area contributed by atoms with E-state index in [1.54, 1.807) is 0 Å². The Labute approximate surface area is 105 Å². The molecule has 3 heteroatoms. The maximum atomic E-state index is 6.22. The summed E-state index contributed by atoms with van der Waals surface area (Å²) in [5.74, 6) is 1.83. The summed E-state index contributed by atoms with van der Waals surface area (Å²) in [6.45, 7) is 6.04. The molecule has 4 atom stereocenters. The fraction of sp³-hybridized carbons (Fsp3) is 1.00. The third-order valence-corrected chi connectivity index (χ3v) is 5.57. The number of morpholine rings is 1. The first kappa shape index (κ1) is 11.9. The van der Waals surface area contributed by atoms with Gasteiger partial charge in [-0.1, -0.05) is 13.3 Å². The lowest BCUT2D eigenvalue weighted by molar-refractivity contribution is -0.0821. The number of ether oxygens (including phenoxy) is 1. The molecule has 2 bridgehead atoms. The highest BCUT2D eigenvalue weighted by molar-refractivity contribution is 5.09. The van der Waals surface area contributed by atoms with Gasteiger partial charge in [-0.25, -0.2) is 0 Å². The molecule has 98 valence electrons. The Hall–Kier alpha value is -0.120. The Morgan fingerprint density at radius 1 is 1.41 bits per heavy atom. The van der Waals surface area contributed by atoms with E-state index in [-0.39, 0.29) is 0 Å². The Kier molecular flexibility index (Phi) is 3.18. The van der Waals surface area contributed by atoms with Crippen molar-refractivity contribution >= 4 is 0 Å². The van der Waals surface area contributed by atoms with Crippen LogP contribution in [0.3, 0.4) is 0 Å². The van der Waals surface area contributed by atoms with Crippen LogP contribution in [-0.4, -0.2) is 42.8 Å². The molecule has 0 aromatic carbocycles. The van der Waals surface area contributed by atoms with Crippen LogP contribution in [0.4, 0.5) is 0 Å². The van der Waals surface area contributed by atoms with E-state index in [1.807, 2.05) is 0 Å². The molecule has 1 aliphatic heterocycles. The van der Waals surface area contributed by atoms with Crippen LogP contribution < -0.4 is 5.73 Å². The van der Waals surface area contributed by atoms with Crippen LogP contribution in [0.5, 0.6) is 0 Å². The van der Waals surface area contributed by atoms with Crippen molar-refractivity contribution in [3.63, 3.8) is 0 Å². The third kappa shape index (κ3) is 1.74. The van der Waals surface area contributed by atoms with E-state index in [9.17, 15) is 0 Å². The summed E-state index contributed by atoms with van der Waals surface area (Å²) in [7, 11) is 0. The van der Waals surface area contributed by atoms with Crippen molar-refractivity contribution < 1.29 is 4.74 Å². The second kappa shape index (κ2) is 4.52. The van der Waals surface area contributed by atoms with Gasteiger partial charge in [0.05, 0.1) is 13.2 Å². The van der Waals surface area contributed by atoms with Gasteiger partial charge in [-0.05, 0) is 37.5 Å². The van der Waals surface area contributed by atoms with Gasteiger partial charge in [0, 0.05) is 24.7 Å². The monoisotopic (exact) mass is 238 g/mol. The van der Waals surface area contributed by atoms with Crippen molar-refractivity contribution in [2.75, 3.05) is 26.3 Å². The molecule has 0 radical (unpaired) electrons. The second-order valence-corrected chi connectivity index (χ2v) is 6.22. The van der Waals surface area contributed by atoms with Crippen molar-refractivity contribution in [2.45, 2.75) is 50.6 Å². The van der Waals surface area contributed by atoms with Crippen molar-refractivity contribution in [3.8, 4) is 0 Å². The van der Waals surface area contributed by atoms with Crippen LogP contribution >= 0.6 is 0 Å². The standard InChI is InChI=1S/C14H26N2O/c1-2-13-9-17-6-5-16(13)14(10-15)8-11-3-4-12(14)7-11/h11-13H,2-10,15H2,1H3. The molecular weight excluding hydrogens is 212 g/mol. The molecule has 1 saturated heterocycles. The average Bonchev–Trinajstić information content (AvgIpc) is 2.99. The lowest BCUT2D eigenvalue weighted by Gasteiger charge is -2.51. The van der Waals surface area contributed by atoms with Gasteiger partial charge >= 0.3 is 0 Å². The maximum absolute atomic E-state index is 6.22. The predicted octanol–water partition coefficient (Wildman–Crippen LogP) is 1.61. The molecule has 0 aromatic rings. The molecular formula is C14H26N2O. The second-order valence-electron chi connectivity index (χ2n) is 6.22. The maximum Gasteiger partial charge on any atom is 0.0622 e. The zero-order valence-electron chi connectivity index (χ0n) is 11.0. The Morgan fingerprint density at radius 2 is 2.29 bits per heavy atom. The SMILES string of the molecule is CCC1COCCN1C1(CN)CC2CCC1C2. The molecule has 0 amide bonds. The number of fused-ring (bicyclic) bond motifs is 2. The number of hydrogen-bond acceptors (Lipinski definition) is 3. The molecule has 0 aromatic heterocycles. The molecule has 2 saturated carbocycles. The molecule has 0 spiro atoms. The molecule has 2 N–H and O–H groups in total. The first-order chi connectivity index (χ1) is 8.30. The number of hydrogen-bond donors (Lipinski definition) is 1. The van der Waals surface area contributed by atoms with Crippen LogP contribution in [0.15, 0.2) is 0 Å². The van der Waals surface area contributed by atoms with E-state index in [0.717, 1.165) is 38.1 Å². The Morgan fingerprint density at radius 3 is 2.88 bits per heavy atom. The number of nitrogens with two attached hydrogens (primary N) is 1. The molecule has 3 aliphatic rings. The van der Waals surface area contributed by atoms with Gasteiger partial charge in [-0.2, -0.15) is 0 Å². The summed E-state index contributed by atoms with van der Waals surface area (Å²) in [6.07, 6.45) is 6.85. The molecule has 3 fully saturated rings. The van der Waals surface area contributed by atoms with E-state index >= 15 is 0 Å². The minimum atomic E-state index is 0.327. The lowest BCUT2D eigenvalue weighted by Crippen LogP contribution is -2.63. The van der Waals surface area contributed by atoms with Gasteiger partial charge in [-0.3, -0.25) is 4.90 Å². The van der Waals surface area contributed by atoms with Gasteiger partial charge in [0.2, 0.25) is 0 Å². The highest BCUT2D eigenvalue weighted by Gasteiger charge is 2.54. The molecule has 1 heterocycles. The first-order valence-corrected chi connectivity index (χ1v) is 7.34. The van der Waals surface area contributed by atoms with Gasteiger partial charge in [-0.15, -0.1) is 0 Å². The predicted molar refractivity (Wildman–Crippen MR) is 68.8 cm³/mol. The lowest BCUT2D eigenvalue weighted by atomic mass is 9.78. The van der Waals surface area contributed by atoms with Gasteiger partial charge < -0.3 is 10.5 Å². The van der Waals surface area contributed by atoms with E-state index in [2.05, 4.69) is 11.8 Å². The highest BCUT2D eigenvalue weighted by Crippen LogP contribution is 2.53. The molecule has 17 heavy (non-hydrogen) atoms. The van der Waals surface area contributed by atoms with Gasteiger partial charge in [0.15, 0.2) is 0 Å². The third-order valence-electron chi connectivity index (χ3n) is 5.57. The van der Waals surface area contributed by atoms with E-state index < -0.39 is 0 Å². The molecule has 3 nitrogen and oxygen atoms in total. The van der Waals surface area contributed by atoms with Crippen molar-refractivity contribution in [2.24, 2.45) is 17.6 Å². The number of nitrogens with zero attached hydrogens (tertiary/aromatic N) is 1. The minimum absolute atomic E-state index is 0.327. The van der Waals surface area contributed by atoms with Crippen LogP contribution in [0.25, 0.3) is 0 Å². The summed E-state index contributed by atoms with van der Waals surface area (Å²) < 4.78 is 5.65. The Balaban J connectivity index is 1.84. The molecule has 4 unspecified atom stereocenters. The summed E-state index contributed by atoms with van der Waals surface area (Å²) in [6, 6.07) is 0.603. The molecule has 3 rings (SSSR count). The van der Waals surface area contributed by atoms with Crippen molar-refractivity contribution in [1.29, 1.82) is 0 Å². The van der Waals surface area contributed by atoms with Gasteiger partial charge in [0.25, 0.3) is 0 Å². The van der Waals surface area contributed by atoms with E-state index in [1.165, 1.54) is 32.1 Å². The number of rotatable bonds is 3. The fourth-order valence-corrected chi connectivity index (χ4v) is 4.71. The first-order valence-electron chi connectivity index (χ1n) is 7.34. The smallest absolute Gasteiger partial charge is 0.0622 e. The zero-order chi connectivity index (χ0) is 11.9. The largest absolute Gasteiger partial charge is 0.378 e. The fourth-order valence-electron chi connectivity index (χ4n) is 4.71. The molecule has 2 aliphatic carbocycles. The van der Waals surface area contributed by atoms with Crippen LogP contribution in [0, 0.1) is 11.8 Å².